The van der Waals surface area contributed by atoms with E-state index in [0.717, 1.165) is 25.8 Å². The Morgan fingerprint density at radius 3 is 2.55 bits per heavy atom. The van der Waals surface area contributed by atoms with E-state index in [1.54, 1.807) is 12.1 Å². The summed E-state index contributed by atoms with van der Waals surface area (Å²) in [6, 6.07) is 3.55. The summed E-state index contributed by atoms with van der Waals surface area (Å²) in [6.07, 6.45) is 4.63. The smallest absolute Gasteiger partial charge is 0.261 e. The van der Waals surface area contributed by atoms with Crippen LogP contribution in [0.4, 0.5) is 0 Å². The number of methoxy groups -OCH3 is 2. The van der Waals surface area contributed by atoms with E-state index >= 15 is 0 Å². The van der Waals surface area contributed by atoms with Gasteiger partial charge in [0.25, 0.3) is 5.56 Å². The van der Waals surface area contributed by atoms with Crippen LogP contribution in [0.25, 0.3) is 10.9 Å². The average Bonchev–Trinajstić information content (AvgIpc) is 2.91. The maximum Gasteiger partial charge on any atom is 0.261 e. The number of aromatic nitrogens is 2. The summed E-state index contributed by atoms with van der Waals surface area (Å²) in [5.74, 6) is 0.965. The van der Waals surface area contributed by atoms with Gasteiger partial charge in [-0.15, -0.1) is 0 Å². The standard InChI is InChI=1S/C22H29N3O4/c1-21(2)8-14-9-22(3,11-21)12-25(14)19(26)10-24-13-23-16-7-18(29-5)17(28-4)6-15(16)20(24)27/h6-7,13-14H,8-12H2,1-5H3. The van der Waals surface area contributed by atoms with Gasteiger partial charge < -0.3 is 14.4 Å². The topological polar surface area (TPSA) is 73.7 Å². The molecule has 0 spiro atoms. The molecular weight excluding hydrogens is 370 g/mol. The molecule has 156 valence electrons. The second-order valence-corrected chi connectivity index (χ2v) is 9.64. The van der Waals surface area contributed by atoms with Crippen LogP contribution in [0, 0.1) is 10.8 Å². The molecule has 7 heteroatoms. The summed E-state index contributed by atoms with van der Waals surface area (Å²) in [6.45, 7) is 7.61. The Hall–Kier alpha value is -2.57. The Morgan fingerprint density at radius 1 is 1.17 bits per heavy atom. The number of nitrogens with zero attached hydrogens (tertiary/aromatic N) is 3. The molecule has 7 nitrogen and oxygen atoms in total. The molecule has 1 amide bonds. The summed E-state index contributed by atoms with van der Waals surface area (Å²) >= 11 is 0. The molecular formula is C22H29N3O4. The predicted octanol–water partition coefficient (Wildman–Crippen LogP) is 2.84. The van der Waals surface area contributed by atoms with Crippen molar-refractivity contribution in [2.45, 2.75) is 52.6 Å². The summed E-state index contributed by atoms with van der Waals surface area (Å²) < 4.78 is 12.0. The van der Waals surface area contributed by atoms with Crippen molar-refractivity contribution in [1.82, 2.24) is 14.5 Å². The minimum Gasteiger partial charge on any atom is -0.493 e. The van der Waals surface area contributed by atoms with Crippen LogP contribution in [0.15, 0.2) is 23.3 Å². The molecule has 1 saturated heterocycles. The summed E-state index contributed by atoms with van der Waals surface area (Å²) in [4.78, 5) is 32.5. The van der Waals surface area contributed by atoms with E-state index < -0.39 is 0 Å². The number of benzene rings is 1. The van der Waals surface area contributed by atoms with Gasteiger partial charge in [-0.1, -0.05) is 20.8 Å². The lowest BCUT2D eigenvalue weighted by Gasteiger charge is -2.39. The van der Waals surface area contributed by atoms with Gasteiger partial charge in [-0.25, -0.2) is 4.98 Å². The number of carbonyl (C=O) groups is 1. The number of likely N-dealkylation sites (tertiary alicyclic amines) is 1. The third-order valence-corrected chi connectivity index (χ3v) is 6.37. The second kappa shape index (κ2) is 6.75. The van der Waals surface area contributed by atoms with Crippen molar-refractivity contribution in [1.29, 1.82) is 0 Å². The van der Waals surface area contributed by atoms with E-state index in [0.29, 0.717) is 22.4 Å². The lowest BCUT2D eigenvalue weighted by Crippen LogP contribution is -2.40. The van der Waals surface area contributed by atoms with Gasteiger partial charge in [0.05, 0.1) is 31.4 Å². The van der Waals surface area contributed by atoms with Crippen LogP contribution in [0.5, 0.6) is 11.5 Å². The van der Waals surface area contributed by atoms with Crippen molar-refractivity contribution < 1.29 is 14.3 Å². The lowest BCUT2D eigenvalue weighted by molar-refractivity contribution is -0.133. The average molecular weight is 399 g/mol. The van der Waals surface area contributed by atoms with Gasteiger partial charge in [-0.05, 0) is 36.2 Å². The van der Waals surface area contributed by atoms with Gasteiger partial charge in [0.15, 0.2) is 11.5 Å². The maximum atomic E-state index is 13.1. The Bertz CT molecular complexity index is 1030. The molecule has 2 unspecified atom stereocenters. The fourth-order valence-corrected chi connectivity index (χ4v) is 5.59. The highest BCUT2D eigenvalue weighted by atomic mass is 16.5. The van der Waals surface area contributed by atoms with Crippen LogP contribution in [0.2, 0.25) is 0 Å². The van der Waals surface area contributed by atoms with Crippen LogP contribution < -0.4 is 15.0 Å². The van der Waals surface area contributed by atoms with E-state index in [4.69, 9.17) is 9.47 Å². The number of carbonyl (C=O) groups excluding carboxylic acids is 1. The zero-order chi connectivity index (χ0) is 21.0. The molecule has 1 aromatic carbocycles. The Kier molecular flexibility index (Phi) is 4.59. The van der Waals surface area contributed by atoms with Crippen molar-refractivity contribution in [3.8, 4) is 11.5 Å². The minimum absolute atomic E-state index is 0.00310. The van der Waals surface area contributed by atoms with Crippen LogP contribution in [-0.4, -0.2) is 47.2 Å². The monoisotopic (exact) mass is 399 g/mol. The van der Waals surface area contributed by atoms with Gasteiger partial charge in [0, 0.05) is 18.7 Å². The minimum atomic E-state index is -0.252. The first-order valence-corrected chi connectivity index (χ1v) is 10.1. The molecule has 2 aromatic rings. The summed E-state index contributed by atoms with van der Waals surface area (Å²) in [7, 11) is 3.06. The third kappa shape index (κ3) is 3.47. The molecule has 2 aliphatic rings. The SMILES string of the molecule is COc1cc2ncn(CC(=O)N3CC4(C)CC3CC(C)(C)C4)c(=O)c2cc1OC. The fraction of sp³-hybridized carbons (Fsp3) is 0.591. The van der Waals surface area contributed by atoms with E-state index in [9.17, 15) is 9.59 Å². The maximum absolute atomic E-state index is 13.1. The van der Waals surface area contributed by atoms with Gasteiger partial charge in [0.1, 0.15) is 6.54 Å². The van der Waals surface area contributed by atoms with Crippen molar-refractivity contribution in [2.75, 3.05) is 20.8 Å². The molecule has 0 N–H and O–H groups in total. The highest BCUT2D eigenvalue weighted by Crippen LogP contribution is 2.52. The fourth-order valence-electron chi connectivity index (χ4n) is 5.59. The quantitative estimate of drug-likeness (QED) is 0.790. The zero-order valence-corrected chi connectivity index (χ0v) is 17.8. The van der Waals surface area contributed by atoms with Crippen LogP contribution in [0.3, 0.4) is 0 Å². The molecule has 29 heavy (non-hydrogen) atoms. The Balaban J connectivity index is 1.62. The molecule has 4 rings (SSSR count). The first-order valence-electron chi connectivity index (χ1n) is 10.1. The van der Waals surface area contributed by atoms with E-state index in [1.807, 2.05) is 4.90 Å². The molecule has 1 aliphatic carbocycles. The van der Waals surface area contributed by atoms with E-state index in [2.05, 4.69) is 25.8 Å². The van der Waals surface area contributed by atoms with E-state index in [1.165, 1.54) is 25.1 Å². The largest absolute Gasteiger partial charge is 0.493 e. The number of hydrogen-bond acceptors (Lipinski definition) is 5. The number of hydrogen-bond donors (Lipinski definition) is 0. The van der Waals surface area contributed by atoms with Crippen molar-refractivity contribution in [2.24, 2.45) is 10.8 Å². The van der Waals surface area contributed by atoms with Crippen LogP contribution in [0.1, 0.15) is 40.0 Å². The van der Waals surface area contributed by atoms with Crippen molar-refractivity contribution in [3.05, 3.63) is 28.8 Å². The highest BCUT2D eigenvalue weighted by molar-refractivity contribution is 5.82. The highest BCUT2D eigenvalue weighted by Gasteiger charge is 2.50. The van der Waals surface area contributed by atoms with Gasteiger partial charge in [-0.2, -0.15) is 0 Å². The third-order valence-electron chi connectivity index (χ3n) is 6.37. The normalized spacial score (nSPS) is 25.3. The van der Waals surface area contributed by atoms with Crippen LogP contribution >= 0.6 is 0 Å². The van der Waals surface area contributed by atoms with Crippen molar-refractivity contribution in [3.63, 3.8) is 0 Å². The molecule has 2 atom stereocenters. The first kappa shape index (κ1) is 19.7. The molecule has 2 bridgehead atoms. The number of fused-ring (bicyclic) bond motifs is 3. The van der Waals surface area contributed by atoms with Gasteiger partial charge >= 0.3 is 0 Å². The molecule has 2 heterocycles. The van der Waals surface area contributed by atoms with Crippen LogP contribution in [-0.2, 0) is 11.3 Å². The predicted molar refractivity (Wildman–Crippen MR) is 110 cm³/mol. The Morgan fingerprint density at radius 2 is 1.86 bits per heavy atom. The zero-order valence-electron chi connectivity index (χ0n) is 17.8. The Labute approximate surface area is 170 Å². The van der Waals surface area contributed by atoms with Crippen molar-refractivity contribution >= 4 is 16.8 Å². The van der Waals surface area contributed by atoms with E-state index in [-0.39, 0.29) is 34.9 Å². The molecule has 2 fully saturated rings. The molecule has 1 aromatic heterocycles. The molecule has 0 radical (unpaired) electrons. The van der Waals surface area contributed by atoms with Gasteiger partial charge in [0.2, 0.25) is 5.91 Å². The van der Waals surface area contributed by atoms with Gasteiger partial charge in [-0.3, -0.25) is 14.2 Å². The number of rotatable bonds is 4. The first-order chi connectivity index (χ1) is 13.6. The number of ether oxygens (including phenoxy) is 2. The molecule has 1 saturated carbocycles. The summed E-state index contributed by atoms with van der Waals surface area (Å²) in [5.41, 5.74) is 0.669. The number of amides is 1. The summed E-state index contributed by atoms with van der Waals surface area (Å²) in [5, 5.41) is 0.409. The lowest BCUT2D eigenvalue weighted by atomic mass is 9.65. The molecule has 1 aliphatic heterocycles. The second-order valence-electron chi connectivity index (χ2n) is 9.64.